The van der Waals surface area contributed by atoms with Crippen molar-refractivity contribution in [2.45, 2.75) is 6.54 Å². The van der Waals surface area contributed by atoms with Crippen LogP contribution in [0.2, 0.25) is 0 Å². The Hall–Kier alpha value is -2.43. The molecule has 0 unspecified atom stereocenters. The van der Waals surface area contributed by atoms with Crippen molar-refractivity contribution in [3.05, 3.63) is 47.8 Å². The number of nitrogens with one attached hydrogen (secondary N) is 1. The monoisotopic (exact) mass is 544 g/mol. The highest BCUT2D eigenvalue weighted by molar-refractivity contribution is 14.0. The second kappa shape index (κ2) is 11.8. The number of hydrogen-bond acceptors (Lipinski definition) is 5. The molecule has 1 N–H and O–H groups in total. The molecular weight excluding hydrogens is 514 g/mol. The number of rotatable bonds is 6. The number of guanidine groups is 1. The fourth-order valence-electron chi connectivity index (χ4n) is 3.68. The quantitative estimate of drug-likeness (QED) is 0.342. The van der Waals surface area contributed by atoms with Gasteiger partial charge in [0.2, 0.25) is 5.75 Å². The average Bonchev–Trinajstić information content (AvgIpc) is 2.79. The maximum atomic E-state index is 14.1. The van der Waals surface area contributed by atoms with Crippen LogP contribution < -0.4 is 24.4 Å². The first-order valence-electron chi connectivity index (χ1n) is 9.85. The molecule has 1 aliphatic heterocycles. The van der Waals surface area contributed by atoms with Gasteiger partial charge in [-0.1, -0.05) is 12.1 Å². The number of piperazine rings is 1. The average molecular weight is 544 g/mol. The number of benzene rings is 2. The van der Waals surface area contributed by atoms with E-state index < -0.39 is 0 Å². The van der Waals surface area contributed by atoms with Gasteiger partial charge in [0.05, 0.1) is 27.0 Å². The highest BCUT2D eigenvalue weighted by atomic mass is 127. The Morgan fingerprint density at radius 2 is 1.65 bits per heavy atom. The lowest BCUT2D eigenvalue weighted by atomic mass is 10.1. The number of hydrogen-bond donors (Lipinski definition) is 1. The zero-order valence-electron chi connectivity index (χ0n) is 18.4. The minimum absolute atomic E-state index is 0. The van der Waals surface area contributed by atoms with E-state index in [-0.39, 0.29) is 29.8 Å². The van der Waals surface area contributed by atoms with Crippen LogP contribution in [0.15, 0.2) is 41.4 Å². The minimum atomic E-state index is -0.186. The Bertz CT molecular complexity index is 889. The Balaban J connectivity index is 0.00000341. The summed E-state index contributed by atoms with van der Waals surface area (Å²) < 4.78 is 30.4. The zero-order valence-corrected chi connectivity index (χ0v) is 20.7. The fourth-order valence-corrected chi connectivity index (χ4v) is 3.68. The van der Waals surface area contributed by atoms with Crippen molar-refractivity contribution in [1.82, 2.24) is 10.2 Å². The van der Waals surface area contributed by atoms with Crippen molar-refractivity contribution in [2.75, 3.05) is 59.5 Å². The van der Waals surface area contributed by atoms with Gasteiger partial charge in [0.25, 0.3) is 0 Å². The van der Waals surface area contributed by atoms with E-state index in [0.717, 1.165) is 37.7 Å². The molecule has 1 fully saturated rings. The molecule has 0 aromatic heterocycles. The topological polar surface area (TPSA) is 58.6 Å². The standard InChI is InChI=1S/C22H29FN4O3.HI/c1-24-22(25-15-16-9-10-19(28-2)21(30-4)20(16)29-3)27-13-11-26(12-14-27)18-8-6-5-7-17(18)23;/h5-10H,11-15H2,1-4H3,(H,24,25);1H. The van der Waals surface area contributed by atoms with Crippen LogP contribution in [0.4, 0.5) is 10.1 Å². The Morgan fingerprint density at radius 3 is 2.23 bits per heavy atom. The lowest BCUT2D eigenvalue weighted by Gasteiger charge is -2.37. The molecule has 0 amide bonds. The van der Waals surface area contributed by atoms with Gasteiger partial charge in [-0.3, -0.25) is 4.99 Å². The Morgan fingerprint density at radius 1 is 0.968 bits per heavy atom. The number of nitrogens with zero attached hydrogens (tertiary/aromatic N) is 3. The van der Waals surface area contributed by atoms with Gasteiger partial charge < -0.3 is 29.3 Å². The number of methoxy groups -OCH3 is 3. The minimum Gasteiger partial charge on any atom is -0.493 e. The van der Waals surface area contributed by atoms with E-state index in [1.165, 1.54) is 6.07 Å². The Labute approximate surface area is 200 Å². The van der Waals surface area contributed by atoms with Crippen molar-refractivity contribution < 1.29 is 18.6 Å². The molecule has 2 aromatic carbocycles. The first-order chi connectivity index (χ1) is 14.6. The molecule has 0 aliphatic carbocycles. The molecule has 0 bridgehead atoms. The summed E-state index contributed by atoms with van der Waals surface area (Å²) in [6.07, 6.45) is 0. The lowest BCUT2D eigenvalue weighted by Crippen LogP contribution is -2.52. The Kier molecular flexibility index (Phi) is 9.47. The van der Waals surface area contributed by atoms with E-state index in [0.29, 0.717) is 29.5 Å². The SMILES string of the molecule is CN=C(NCc1ccc(OC)c(OC)c1OC)N1CCN(c2ccccc2F)CC1.I. The van der Waals surface area contributed by atoms with Crippen molar-refractivity contribution >= 4 is 35.6 Å². The molecular formula is C22H30FIN4O3. The first kappa shape index (κ1) is 24.8. The molecule has 1 saturated heterocycles. The third kappa shape index (κ3) is 5.63. The van der Waals surface area contributed by atoms with Crippen LogP contribution in [0.3, 0.4) is 0 Å². The summed E-state index contributed by atoms with van der Waals surface area (Å²) >= 11 is 0. The van der Waals surface area contributed by atoms with Crippen molar-refractivity contribution in [3.8, 4) is 17.2 Å². The molecule has 2 aromatic rings. The third-order valence-electron chi connectivity index (χ3n) is 5.21. The van der Waals surface area contributed by atoms with Crippen LogP contribution in [0, 0.1) is 5.82 Å². The van der Waals surface area contributed by atoms with Crippen molar-refractivity contribution in [2.24, 2.45) is 4.99 Å². The number of ether oxygens (including phenoxy) is 3. The molecule has 170 valence electrons. The summed E-state index contributed by atoms with van der Waals surface area (Å²) in [5, 5.41) is 3.39. The summed E-state index contributed by atoms with van der Waals surface area (Å²) in [6, 6.07) is 10.7. The molecule has 31 heavy (non-hydrogen) atoms. The van der Waals surface area contributed by atoms with E-state index in [4.69, 9.17) is 14.2 Å². The first-order valence-corrected chi connectivity index (χ1v) is 9.85. The second-order valence-corrected chi connectivity index (χ2v) is 6.82. The maximum Gasteiger partial charge on any atom is 0.203 e. The largest absolute Gasteiger partial charge is 0.493 e. The number of para-hydroxylation sites is 1. The van der Waals surface area contributed by atoms with Gasteiger partial charge in [0, 0.05) is 45.3 Å². The van der Waals surface area contributed by atoms with Crippen LogP contribution in [-0.2, 0) is 6.54 Å². The van der Waals surface area contributed by atoms with Gasteiger partial charge in [0.15, 0.2) is 17.5 Å². The van der Waals surface area contributed by atoms with Gasteiger partial charge in [-0.2, -0.15) is 0 Å². The molecule has 0 saturated carbocycles. The summed E-state index contributed by atoms with van der Waals surface area (Å²) in [5.74, 6) is 2.41. The molecule has 3 rings (SSSR count). The molecule has 0 spiro atoms. The van der Waals surface area contributed by atoms with Crippen LogP contribution in [0.25, 0.3) is 0 Å². The number of anilines is 1. The van der Waals surface area contributed by atoms with E-state index in [1.807, 2.05) is 24.3 Å². The van der Waals surface area contributed by atoms with Gasteiger partial charge >= 0.3 is 0 Å². The van der Waals surface area contributed by atoms with Gasteiger partial charge in [-0.25, -0.2) is 4.39 Å². The normalized spacial score (nSPS) is 14.0. The fraction of sp³-hybridized carbons (Fsp3) is 0.409. The second-order valence-electron chi connectivity index (χ2n) is 6.82. The van der Waals surface area contributed by atoms with Crippen molar-refractivity contribution in [3.63, 3.8) is 0 Å². The van der Waals surface area contributed by atoms with Gasteiger partial charge in [-0.05, 0) is 24.3 Å². The van der Waals surface area contributed by atoms with Crippen LogP contribution in [0.5, 0.6) is 17.2 Å². The van der Waals surface area contributed by atoms with Crippen molar-refractivity contribution in [1.29, 1.82) is 0 Å². The molecule has 7 nitrogen and oxygen atoms in total. The third-order valence-corrected chi connectivity index (χ3v) is 5.21. The van der Waals surface area contributed by atoms with Gasteiger partial charge in [0.1, 0.15) is 5.82 Å². The molecule has 1 aliphatic rings. The van der Waals surface area contributed by atoms with Gasteiger partial charge in [-0.15, -0.1) is 24.0 Å². The summed E-state index contributed by atoms with van der Waals surface area (Å²) in [4.78, 5) is 8.65. The highest BCUT2D eigenvalue weighted by Gasteiger charge is 2.22. The predicted molar refractivity (Wildman–Crippen MR) is 132 cm³/mol. The smallest absolute Gasteiger partial charge is 0.203 e. The molecule has 1 heterocycles. The van der Waals surface area contributed by atoms with E-state index >= 15 is 0 Å². The molecule has 0 radical (unpaired) electrons. The summed E-state index contributed by atoms with van der Waals surface area (Å²) in [6.45, 7) is 3.46. The predicted octanol–water partition coefficient (Wildman–Crippen LogP) is 3.37. The van der Waals surface area contributed by atoms with E-state index in [2.05, 4.69) is 20.1 Å². The van der Waals surface area contributed by atoms with Crippen LogP contribution >= 0.6 is 24.0 Å². The van der Waals surface area contributed by atoms with Crippen LogP contribution in [0.1, 0.15) is 5.56 Å². The zero-order chi connectivity index (χ0) is 21.5. The number of halogens is 2. The summed E-state index contributed by atoms with van der Waals surface area (Å²) in [7, 11) is 6.55. The highest BCUT2D eigenvalue weighted by Crippen LogP contribution is 2.39. The lowest BCUT2D eigenvalue weighted by molar-refractivity contribution is 0.321. The van der Waals surface area contributed by atoms with E-state index in [9.17, 15) is 4.39 Å². The van der Waals surface area contributed by atoms with E-state index in [1.54, 1.807) is 34.4 Å². The number of aliphatic imine (C=N–C) groups is 1. The summed E-state index contributed by atoms with van der Waals surface area (Å²) in [5.41, 5.74) is 1.58. The molecule has 0 atom stereocenters. The molecule has 9 heteroatoms. The maximum absolute atomic E-state index is 14.1. The van der Waals surface area contributed by atoms with Crippen LogP contribution in [-0.4, -0.2) is 65.4 Å².